The Hall–Kier alpha value is -1.37. The molecule has 0 aromatic heterocycles. The van der Waals surface area contributed by atoms with E-state index in [2.05, 4.69) is 31.3 Å². The molecule has 1 aromatic rings. The number of nitriles is 1. The van der Waals surface area contributed by atoms with Gasteiger partial charge in [-0.2, -0.15) is 5.26 Å². The first-order valence-electron chi connectivity index (χ1n) is 6.94. The molecule has 1 unspecified atom stereocenters. The van der Waals surface area contributed by atoms with E-state index < -0.39 is 0 Å². The van der Waals surface area contributed by atoms with Crippen molar-refractivity contribution in [3.8, 4) is 6.07 Å². The van der Waals surface area contributed by atoms with Crippen LogP contribution in [0, 0.1) is 16.7 Å². The van der Waals surface area contributed by atoms with Crippen LogP contribution >= 0.6 is 0 Å². The largest absolute Gasteiger partial charge is 0.381 e. The lowest BCUT2D eigenvalue weighted by Crippen LogP contribution is -2.37. The average Bonchev–Trinajstić information content (AvgIpc) is 2.46. The molecular formula is C16H22N2O. The summed E-state index contributed by atoms with van der Waals surface area (Å²) in [5.41, 5.74) is 2.23. The van der Waals surface area contributed by atoms with Crippen LogP contribution in [0.3, 0.4) is 0 Å². The Morgan fingerprint density at radius 1 is 1.42 bits per heavy atom. The summed E-state index contributed by atoms with van der Waals surface area (Å²) in [6.07, 6.45) is 2.23. The molecule has 1 aromatic carbocycles. The second-order valence-electron chi connectivity index (χ2n) is 5.76. The molecule has 102 valence electrons. The second kappa shape index (κ2) is 6.18. The predicted octanol–water partition coefficient (Wildman–Crippen LogP) is 3.03. The van der Waals surface area contributed by atoms with Crippen LogP contribution in [-0.2, 0) is 4.74 Å². The van der Waals surface area contributed by atoms with Gasteiger partial charge in [0.25, 0.3) is 0 Å². The SMILES string of the molecule is CC(NCC1(C)CCOCC1)c1cccc(C#N)c1. The van der Waals surface area contributed by atoms with E-state index in [0.29, 0.717) is 5.41 Å². The van der Waals surface area contributed by atoms with Gasteiger partial charge in [-0.1, -0.05) is 19.1 Å². The molecule has 2 rings (SSSR count). The fourth-order valence-corrected chi connectivity index (χ4v) is 2.44. The molecule has 0 spiro atoms. The van der Waals surface area contributed by atoms with Crippen LogP contribution in [0.25, 0.3) is 0 Å². The van der Waals surface area contributed by atoms with Crippen LogP contribution in [0.4, 0.5) is 0 Å². The number of nitrogens with zero attached hydrogens (tertiary/aromatic N) is 1. The highest BCUT2D eigenvalue weighted by atomic mass is 16.5. The lowest BCUT2D eigenvalue weighted by molar-refractivity contribution is 0.0231. The van der Waals surface area contributed by atoms with Crippen LogP contribution in [0.5, 0.6) is 0 Å². The van der Waals surface area contributed by atoms with E-state index in [1.54, 1.807) is 0 Å². The molecule has 1 aliphatic rings. The van der Waals surface area contributed by atoms with E-state index in [0.717, 1.165) is 38.2 Å². The average molecular weight is 258 g/mol. The van der Waals surface area contributed by atoms with Crippen molar-refractivity contribution in [3.05, 3.63) is 35.4 Å². The quantitative estimate of drug-likeness (QED) is 0.903. The minimum atomic E-state index is 0.271. The summed E-state index contributed by atoms with van der Waals surface area (Å²) in [4.78, 5) is 0. The van der Waals surface area contributed by atoms with Crippen LogP contribution in [0.1, 0.15) is 43.9 Å². The van der Waals surface area contributed by atoms with Gasteiger partial charge in [0.2, 0.25) is 0 Å². The van der Waals surface area contributed by atoms with Crippen LogP contribution in [-0.4, -0.2) is 19.8 Å². The zero-order chi connectivity index (χ0) is 13.7. The first-order chi connectivity index (χ1) is 9.13. The molecule has 3 heteroatoms. The summed E-state index contributed by atoms with van der Waals surface area (Å²) in [5, 5.41) is 12.5. The Kier molecular flexibility index (Phi) is 4.57. The van der Waals surface area contributed by atoms with Crippen LogP contribution in [0.15, 0.2) is 24.3 Å². The molecular weight excluding hydrogens is 236 g/mol. The van der Waals surface area contributed by atoms with Crippen molar-refractivity contribution in [1.29, 1.82) is 5.26 Å². The molecule has 0 aliphatic carbocycles. The number of hydrogen-bond acceptors (Lipinski definition) is 3. The monoisotopic (exact) mass is 258 g/mol. The van der Waals surface area contributed by atoms with Gasteiger partial charge in [-0.05, 0) is 42.9 Å². The number of nitrogens with one attached hydrogen (secondary N) is 1. The molecule has 19 heavy (non-hydrogen) atoms. The lowest BCUT2D eigenvalue weighted by Gasteiger charge is -2.34. The van der Waals surface area contributed by atoms with E-state index in [9.17, 15) is 0 Å². The maximum absolute atomic E-state index is 8.93. The second-order valence-corrected chi connectivity index (χ2v) is 5.76. The highest BCUT2D eigenvalue weighted by Gasteiger charge is 2.27. The van der Waals surface area contributed by atoms with Crippen molar-refractivity contribution in [2.75, 3.05) is 19.8 Å². The normalized spacial score (nSPS) is 19.6. The standard InChI is InChI=1S/C16H22N2O/c1-13(15-5-3-4-14(10-15)11-17)18-12-16(2)6-8-19-9-7-16/h3-5,10,13,18H,6-9,12H2,1-2H3. The van der Waals surface area contributed by atoms with Crippen LogP contribution < -0.4 is 5.32 Å². The van der Waals surface area contributed by atoms with Gasteiger partial charge in [0.15, 0.2) is 0 Å². The third-order valence-electron chi connectivity index (χ3n) is 4.05. The number of rotatable bonds is 4. The Bertz CT molecular complexity index is 458. The molecule has 1 atom stereocenters. The van der Waals surface area contributed by atoms with Crippen molar-refractivity contribution in [1.82, 2.24) is 5.32 Å². The summed E-state index contributed by atoms with van der Waals surface area (Å²) >= 11 is 0. The van der Waals surface area contributed by atoms with E-state index in [1.807, 2.05) is 18.2 Å². The molecule has 0 amide bonds. The number of ether oxygens (including phenoxy) is 1. The summed E-state index contributed by atoms with van der Waals surface area (Å²) in [7, 11) is 0. The third-order valence-corrected chi connectivity index (χ3v) is 4.05. The molecule has 1 fully saturated rings. The predicted molar refractivity (Wildman–Crippen MR) is 75.7 cm³/mol. The number of benzene rings is 1. The lowest BCUT2D eigenvalue weighted by atomic mass is 9.82. The van der Waals surface area contributed by atoms with Crippen molar-refractivity contribution >= 4 is 0 Å². The van der Waals surface area contributed by atoms with Gasteiger partial charge in [-0.15, -0.1) is 0 Å². The molecule has 1 N–H and O–H groups in total. The zero-order valence-electron chi connectivity index (χ0n) is 11.8. The fourth-order valence-electron chi connectivity index (χ4n) is 2.44. The van der Waals surface area contributed by atoms with Gasteiger partial charge < -0.3 is 10.1 Å². The maximum atomic E-state index is 8.93. The van der Waals surface area contributed by atoms with Gasteiger partial charge in [-0.3, -0.25) is 0 Å². The molecule has 1 heterocycles. The van der Waals surface area contributed by atoms with Crippen molar-refractivity contribution < 1.29 is 4.74 Å². The molecule has 1 aliphatic heterocycles. The van der Waals surface area contributed by atoms with Gasteiger partial charge >= 0.3 is 0 Å². The minimum Gasteiger partial charge on any atom is -0.381 e. The number of hydrogen-bond donors (Lipinski definition) is 1. The summed E-state index contributed by atoms with van der Waals surface area (Å²) in [5.74, 6) is 0. The van der Waals surface area contributed by atoms with Crippen molar-refractivity contribution in [2.24, 2.45) is 5.41 Å². The Balaban J connectivity index is 1.93. The first kappa shape index (κ1) is 14.0. The molecule has 1 saturated heterocycles. The van der Waals surface area contributed by atoms with Gasteiger partial charge in [0.1, 0.15) is 0 Å². The highest BCUT2D eigenvalue weighted by molar-refractivity contribution is 5.34. The molecule has 3 nitrogen and oxygen atoms in total. The minimum absolute atomic E-state index is 0.271. The smallest absolute Gasteiger partial charge is 0.0991 e. The van der Waals surface area contributed by atoms with Gasteiger partial charge in [0, 0.05) is 25.8 Å². The van der Waals surface area contributed by atoms with Crippen molar-refractivity contribution in [3.63, 3.8) is 0 Å². The van der Waals surface area contributed by atoms with Crippen LogP contribution in [0.2, 0.25) is 0 Å². The maximum Gasteiger partial charge on any atom is 0.0991 e. The summed E-state index contributed by atoms with van der Waals surface area (Å²) < 4.78 is 5.42. The van der Waals surface area contributed by atoms with Gasteiger partial charge in [0.05, 0.1) is 11.6 Å². The highest BCUT2D eigenvalue weighted by Crippen LogP contribution is 2.29. The first-order valence-corrected chi connectivity index (χ1v) is 6.94. The molecule has 0 radical (unpaired) electrons. The van der Waals surface area contributed by atoms with Gasteiger partial charge in [-0.25, -0.2) is 0 Å². The third kappa shape index (κ3) is 3.79. The summed E-state index contributed by atoms with van der Waals surface area (Å²) in [6, 6.07) is 10.3. The van der Waals surface area contributed by atoms with E-state index in [1.165, 1.54) is 5.56 Å². The Morgan fingerprint density at radius 2 is 2.16 bits per heavy atom. The molecule has 0 saturated carbocycles. The molecule has 0 bridgehead atoms. The van der Waals surface area contributed by atoms with E-state index in [-0.39, 0.29) is 6.04 Å². The van der Waals surface area contributed by atoms with E-state index in [4.69, 9.17) is 10.00 Å². The Morgan fingerprint density at radius 3 is 2.84 bits per heavy atom. The fraction of sp³-hybridized carbons (Fsp3) is 0.562. The topological polar surface area (TPSA) is 45.0 Å². The zero-order valence-corrected chi connectivity index (χ0v) is 11.8. The van der Waals surface area contributed by atoms with Crippen molar-refractivity contribution in [2.45, 2.75) is 32.7 Å². The van der Waals surface area contributed by atoms with E-state index >= 15 is 0 Å². The summed E-state index contributed by atoms with van der Waals surface area (Å²) in [6.45, 7) is 7.21. The Labute approximate surface area is 115 Å².